The van der Waals surface area contributed by atoms with Gasteiger partial charge in [0.15, 0.2) is 0 Å². The molecule has 2 aromatic carbocycles. The second-order valence-corrected chi connectivity index (χ2v) is 8.75. The van der Waals surface area contributed by atoms with Gasteiger partial charge in [-0.2, -0.15) is 0 Å². The van der Waals surface area contributed by atoms with E-state index in [-0.39, 0.29) is 6.10 Å². The summed E-state index contributed by atoms with van der Waals surface area (Å²) in [6.07, 6.45) is 5.37. The molecule has 1 heterocycles. The van der Waals surface area contributed by atoms with Crippen molar-refractivity contribution in [2.45, 2.75) is 82.5 Å². The van der Waals surface area contributed by atoms with E-state index >= 15 is 0 Å². The van der Waals surface area contributed by atoms with Crippen LogP contribution in [-0.2, 0) is 11.4 Å². The number of benzene rings is 2. The Labute approximate surface area is 231 Å². The standard InChI is InChI=1S/C14H12Cl2O.C10H17NO2.C2H6.CH3.Tl/c1-10-13(15)7-12(8-14(10)16)17-9-11-5-3-2-4-6-11;12-9-5-3-8(4-6-9)11-7-1-2-10(11)13;1-2;;/h2-8H,9H2,1H3;8-9,12H,1-7H2;1-2H3;1H3;. The fraction of sp³-hybridized carbons (Fsp3) is 0.519. The predicted octanol–water partition coefficient (Wildman–Crippen LogP) is 7.02. The van der Waals surface area contributed by atoms with E-state index in [2.05, 4.69) is 4.48 Å². The van der Waals surface area contributed by atoms with Crippen LogP contribution in [0.25, 0.3) is 0 Å². The van der Waals surface area contributed by atoms with Gasteiger partial charge in [-0.15, -0.1) is 0 Å². The van der Waals surface area contributed by atoms with E-state index in [9.17, 15) is 9.90 Å². The second kappa shape index (κ2) is 17.6. The van der Waals surface area contributed by atoms with Crippen LogP contribution in [0.1, 0.15) is 63.5 Å². The third kappa shape index (κ3) is 10.4. The molecule has 34 heavy (non-hydrogen) atoms. The van der Waals surface area contributed by atoms with Gasteiger partial charge in [0.05, 0.1) is 6.10 Å². The Bertz CT molecular complexity index is 820. The third-order valence-corrected chi connectivity index (χ3v) is 6.50. The molecule has 2 aromatic rings. The van der Waals surface area contributed by atoms with E-state index in [1.165, 1.54) is 25.8 Å². The average molecular weight is 700 g/mol. The first-order valence-corrected chi connectivity index (χ1v) is 17.4. The second-order valence-electron chi connectivity index (χ2n) is 7.94. The Kier molecular flexibility index (Phi) is 16.1. The number of nitrogens with zero attached hydrogens (tertiary/aromatic N) is 1. The van der Waals surface area contributed by atoms with Gasteiger partial charge in [-0.1, -0.05) is 67.4 Å². The molecule has 0 aromatic heterocycles. The van der Waals surface area contributed by atoms with Gasteiger partial charge < -0.3 is 14.7 Å². The van der Waals surface area contributed by atoms with Crippen molar-refractivity contribution in [3.8, 4) is 5.75 Å². The molecule has 2 aliphatic rings. The van der Waals surface area contributed by atoms with Crippen LogP contribution < -0.4 is 4.74 Å². The molecule has 1 aliphatic carbocycles. The van der Waals surface area contributed by atoms with Gasteiger partial charge in [-0.3, -0.25) is 4.79 Å². The van der Waals surface area contributed by atoms with Crippen molar-refractivity contribution >= 4 is 54.9 Å². The molecular formula is C27H38Cl2NO3Tl. The van der Waals surface area contributed by atoms with Gasteiger partial charge in [-0.05, 0) is 62.3 Å². The Morgan fingerprint density at radius 3 is 2.09 bits per heavy atom. The SMILES string of the molecule is CC.Cc1c(Cl)cc(OCc2ccccc2)cc1Cl.O=C1CCCN1C1CCC(O)CC1.[CH3][Tl]. The molecule has 2 fully saturated rings. The van der Waals surface area contributed by atoms with Crippen LogP contribution in [0.15, 0.2) is 42.5 Å². The fourth-order valence-corrected chi connectivity index (χ4v) is 4.34. The van der Waals surface area contributed by atoms with Gasteiger partial charge >= 0.3 is 30.3 Å². The normalized spacial score (nSPS) is 19.0. The number of aliphatic hydroxyl groups is 1. The van der Waals surface area contributed by atoms with E-state index in [0.717, 1.165) is 56.2 Å². The molecular weight excluding hydrogens is 662 g/mol. The van der Waals surface area contributed by atoms with Crippen LogP contribution in [0.2, 0.25) is 14.5 Å². The molecule has 0 spiro atoms. The van der Waals surface area contributed by atoms with E-state index in [4.69, 9.17) is 27.9 Å². The van der Waals surface area contributed by atoms with Crippen molar-refractivity contribution in [2.24, 2.45) is 0 Å². The maximum absolute atomic E-state index is 11.4. The van der Waals surface area contributed by atoms with E-state index < -0.39 is 0 Å². The zero-order valence-corrected chi connectivity index (χ0v) is 26.9. The van der Waals surface area contributed by atoms with Gasteiger partial charge in [0, 0.05) is 29.1 Å². The number of hydrogen-bond donors (Lipinski definition) is 1. The maximum atomic E-state index is 11.4. The van der Waals surface area contributed by atoms with Crippen molar-refractivity contribution < 1.29 is 14.6 Å². The summed E-state index contributed by atoms with van der Waals surface area (Å²) in [5.74, 6) is 1.01. The van der Waals surface area contributed by atoms with Gasteiger partial charge in [0.25, 0.3) is 0 Å². The monoisotopic (exact) mass is 699 g/mol. The summed E-state index contributed by atoms with van der Waals surface area (Å²) < 4.78 is 7.81. The van der Waals surface area contributed by atoms with Crippen LogP contribution in [0, 0.1) is 6.92 Å². The van der Waals surface area contributed by atoms with Gasteiger partial charge in [0.2, 0.25) is 5.91 Å². The van der Waals surface area contributed by atoms with Crippen molar-refractivity contribution in [3.63, 3.8) is 0 Å². The van der Waals surface area contributed by atoms with E-state index in [1.807, 2.05) is 56.0 Å². The Balaban J connectivity index is 0.000000304. The van der Waals surface area contributed by atoms with Crippen LogP contribution in [-0.4, -0.2) is 60.4 Å². The Morgan fingerprint density at radius 2 is 1.59 bits per heavy atom. The molecule has 0 bridgehead atoms. The molecule has 1 N–H and O–H groups in total. The number of rotatable bonds is 4. The van der Waals surface area contributed by atoms with Crippen LogP contribution in [0.4, 0.5) is 0 Å². The van der Waals surface area contributed by atoms with Crippen LogP contribution >= 0.6 is 23.2 Å². The zero-order chi connectivity index (χ0) is 25.5. The molecule has 0 unspecified atom stereocenters. The summed E-state index contributed by atoms with van der Waals surface area (Å²) in [6.45, 7) is 7.34. The Hall–Kier alpha value is -0.828. The number of carbonyl (C=O) groups is 1. The Morgan fingerprint density at radius 1 is 1.03 bits per heavy atom. The summed E-state index contributed by atoms with van der Waals surface area (Å²) in [5.41, 5.74) is 1.99. The topological polar surface area (TPSA) is 49.8 Å². The molecule has 0 radical (unpaired) electrons. The van der Waals surface area contributed by atoms with Gasteiger partial charge in [0.1, 0.15) is 12.4 Å². The van der Waals surface area contributed by atoms with Crippen molar-refractivity contribution in [1.29, 1.82) is 0 Å². The molecule has 1 amide bonds. The minimum atomic E-state index is -0.117. The van der Waals surface area contributed by atoms with Crippen molar-refractivity contribution in [2.75, 3.05) is 6.54 Å². The summed E-state index contributed by atoms with van der Waals surface area (Å²) in [6, 6.07) is 14.0. The van der Waals surface area contributed by atoms with Crippen molar-refractivity contribution in [1.82, 2.24) is 4.90 Å². The zero-order valence-electron chi connectivity index (χ0n) is 20.9. The molecule has 186 valence electrons. The summed E-state index contributed by atoms with van der Waals surface area (Å²) in [4.78, 5) is 13.4. The van der Waals surface area contributed by atoms with E-state index in [1.54, 1.807) is 12.1 Å². The van der Waals surface area contributed by atoms with Crippen LogP contribution in [0.3, 0.4) is 0 Å². The number of amides is 1. The molecule has 4 nitrogen and oxygen atoms in total. The molecule has 1 saturated carbocycles. The predicted molar refractivity (Wildman–Crippen MR) is 144 cm³/mol. The fourth-order valence-electron chi connectivity index (χ4n) is 3.87. The number of hydrogen-bond acceptors (Lipinski definition) is 3. The number of likely N-dealkylation sites (tertiary alicyclic amines) is 1. The molecule has 1 saturated heterocycles. The number of ether oxygens (including phenoxy) is 1. The number of aliphatic hydroxyl groups excluding tert-OH is 1. The molecule has 4 rings (SSSR count). The molecule has 7 heteroatoms. The average Bonchev–Trinajstić information content (AvgIpc) is 3.31. The summed E-state index contributed by atoms with van der Waals surface area (Å²) >= 11 is 13.2. The number of carbonyl (C=O) groups excluding carboxylic acids is 1. The van der Waals surface area contributed by atoms with Crippen LogP contribution in [0.5, 0.6) is 5.75 Å². The summed E-state index contributed by atoms with van der Waals surface area (Å²) in [5, 5.41) is 10.6. The molecule has 1 aliphatic heterocycles. The van der Waals surface area contributed by atoms with E-state index in [0.29, 0.717) is 34.4 Å². The first-order valence-electron chi connectivity index (χ1n) is 12.1. The minimum absolute atomic E-state index is 0.117. The summed E-state index contributed by atoms with van der Waals surface area (Å²) in [7, 11) is 0. The third-order valence-electron chi connectivity index (χ3n) is 5.72. The number of halogens is 2. The quantitative estimate of drug-likeness (QED) is 0.349. The van der Waals surface area contributed by atoms with Crippen molar-refractivity contribution in [3.05, 3.63) is 63.6 Å². The first kappa shape index (κ1) is 31.2. The molecule has 0 atom stereocenters. The first-order chi connectivity index (χ1) is 16.4. The van der Waals surface area contributed by atoms with Gasteiger partial charge in [-0.25, -0.2) is 0 Å².